The van der Waals surface area contributed by atoms with Crippen molar-refractivity contribution in [1.29, 1.82) is 0 Å². The zero-order chi connectivity index (χ0) is 12.7. The molecule has 0 atom stereocenters. The highest BCUT2D eigenvalue weighted by Crippen LogP contribution is 2.29. The molecule has 0 aliphatic rings. The topological polar surface area (TPSA) is 61.8 Å². The average molecular weight is 304 g/mol. The van der Waals surface area contributed by atoms with Crippen LogP contribution in [0.2, 0.25) is 0 Å². The van der Waals surface area contributed by atoms with E-state index in [1.54, 1.807) is 6.92 Å². The van der Waals surface area contributed by atoms with E-state index in [1.807, 2.05) is 30.3 Å². The largest absolute Gasteiger partial charge is 0.492 e. The van der Waals surface area contributed by atoms with Gasteiger partial charge in [0.2, 0.25) is 5.88 Å². The van der Waals surface area contributed by atoms with Crippen LogP contribution in [0.1, 0.15) is 5.69 Å². The van der Waals surface area contributed by atoms with Crippen molar-refractivity contribution in [3.05, 3.63) is 40.5 Å². The van der Waals surface area contributed by atoms with E-state index in [9.17, 15) is 5.11 Å². The second kappa shape index (κ2) is 4.10. The number of nitrogens with one attached hydrogen (secondary N) is 1. The van der Waals surface area contributed by atoms with E-state index in [-0.39, 0.29) is 5.88 Å². The first-order valence-electron chi connectivity index (χ1n) is 5.46. The summed E-state index contributed by atoms with van der Waals surface area (Å²) in [6.07, 6.45) is 0. The molecule has 2 heterocycles. The maximum Gasteiger partial charge on any atom is 0.232 e. The molecule has 0 radical (unpaired) electrons. The third-order valence-electron chi connectivity index (χ3n) is 2.76. The predicted molar refractivity (Wildman–Crippen MR) is 73.4 cm³/mol. The molecular formula is C13H10BrN3O. The number of halogens is 1. The lowest BCUT2D eigenvalue weighted by Gasteiger charge is -2.03. The van der Waals surface area contributed by atoms with Crippen molar-refractivity contribution in [2.75, 3.05) is 0 Å². The predicted octanol–water partition coefficient (Wildman–Crippen LogP) is 3.40. The number of H-pyrrole nitrogens is 1. The van der Waals surface area contributed by atoms with Crippen LogP contribution >= 0.6 is 15.9 Å². The fraction of sp³-hybridized carbons (Fsp3) is 0.0769. The Bertz CT molecular complexity index is 717. The quantitative estimate of drug-likeness (QED) is 0.724. The molecule has 2 aromatic heterocycles. The Kier molecular flexibility index (Phi) is 2.56. The molecule has 0 spiro atoms. The Hall–Kier alpha value is -1.88. The van der Waals surface area contributed by atoms with Crippen LogP contribution in [0.3, 0.4) is 0 Å². The van der Waals surface area contributed by atoms with Crippen LogP contribution in [0.15, 0.2) is 34.8 Å². The molecule has 0 fully saturated rings. The Morgan fingerprint density at radius 1 is 1.22 bits per heavy atom. The number of hydrogen-bond donors (Lipinski definition) is 2. The second-order valence-corrected chi connectivity index (χ2v) is 4.90. The fourth-order valence-corrected chi connectivity index (χ4v) is 2.34. The number of aromatic nitrogens is 3. The number of hydrogen-bond acceptors (Lipinski definition) is 3. The van der Waals surface area contributed by atoms with Gasteiger partial charge in [-0.3, -0.25) is 0 Å². The Labute approximate surface area is 112 Å². The number of rotatable bonds is 1. The van der Waals surface area contributed by atoms with Crippen molar-refractivity contribution < 1.29 is 5.11 Å². The van der Waals surface area contributed by atoms with Gasteiger partial charge in [-0.1, -0.05) is 18.2 Å². The van der Waals surface area contributed by atoms with Crippen molar-refractivity contribution in [3.8, 4) is 17.4 Å². The number of aryl methyl sites for hydroxylation is 1. The maximum absolute atomic E-state index is 9.52. The van der Waals surface area contributed by atoms with Crippen molar-refractivity contribution in [2.45, 2.75) is 6.92 Å². The van der Waals surface area contributed by atoms with Crippen LogP contribution in [-0.4, -0.2) is 20.1 Å². The summed E-state index contributed by atoms with van der Waals surface area (Å²) in [4.78, 5) is 11.6. The van der Waals surface area contributed by atoms with E-state index in [2.05, 4.69) is 30.9 Å². The number of aromatic hydroxyl groups is 1. The third-order valence-corrected chi connectivity index (χ3v) is 3.37. The third kappa shape index (κ3) is 1.76. The van der Waals surface area contributed by atoms with Crippen LogP contribution in [0, 0.1) is 6.92 Å². The van der Waals surface area contributed by atoms with E-state index in [4.69, 9.17) is 0 Å². The van der Waals surface area contributed by atoms with E-state index < -0.39 is 0 Å². The van der Waals surface area contributed by atoms with E-state index in [0.717, 1.165) is 15.4 Å². The van der Waals surface area contributed by atoms with Crippen LogP contribution in [0.4, 0.5) is 0 Å². The average Bonchev–Trinajstić information content (AvgIpc) is 2.68. The van der Waals surface area contributed by atoms with Gasteiger partial charge in [-0.2, -0.15) is 4.98 Å². The number of para-hydroxylation sites is 1. The van der Waals surface area contributed by atoms with E-state index in [1.165, 1.54) is 0 Å². The molecule has 0 aliphatic heterocycles. The summed E-state index contributed by atoms with van der Waals surface area (Å²) in [5.74, 6) is 0.564. The summed E-state index contributed by atoms with van der Waals surface area (Å²) < 4.78 is 0.843. The van der Waals surface area contributed by atoms with Gasteiger partial charge in [0.05, 0.1) is 11.2 Å². The minimum Gasteiger partial charge on any atom is -0.492 e. The number of aromatic amines is 1. The lowest BCUT2D eigenvalue weighted by Crippen LogP contribution is -1.89. The zero-order valence-corrected chi connectivity index (χ0v) is 11.2. The molecule has 0 saturated carbocycles. The molecule has 0 saturated heterocycles. The van der Waals surface area contributed by atoms with Gasteiger partial charge >= 0.3 is 0 Å². The van der Waals surface area contributed by atoms with Crippen LogP contribution in [-0.2, 0) is 0 Å². The molecule has 3 aromatic rings. The molecule has 18 heavy (non-hydrogen) atoms. The first-order valence-corrected chi connectivity index (χ1v) is 6.25. The molecule has 0 bridgehead atoms. The monoisotopic (exact) mass is 303 g/mol. The molecule has 90 valence electrons. The molecule has 0 amide bonds. The van der Waals surface area contributed by atoms with Gasteiger partial charge in [0, 0.05) is 9.86 Å². The fourth-order valence-electron chi connectivity index (χ4n) is 1.82. The van der Waals surface area contributed by atoms with Gasteiger partial charge in [-0.05, 0) is 35.0 Å². The van der Waals surface area contributed by atoms with Crippen molar-refractivity contribution in [3.63, 3.8) is 0 Å². The van der Waals surface area contributed by atoms with Gasteiger partial charge in [0.25, 0.3) is 0 Å². The van der Waals surface area contributed by atoms with E-state index >= 15 is 0 Å². The first-order chi connectivity index (χ1) is 8.65. The number of nitrogens with zero attached hydrogens (tertiary/aromatic N) is 2. The molecule has 0 unspecified atom stereocenters. The summed E-state index contributed by atoms with van der Waals surface area (Å²) in [6.45, 7) is 1.76. The highest BCUT2D eigenvalue weighted by Gasteiger charge is 2.12. The summed E-state index contributed by atoms with van der Waals surface area (Å²) in [5.41, 5.74) is 2.22. The lowest BCUT2D eigenvalue weighted by molar-refractivity contribution is 0.452. The number of fused-ring (bicyclic) bond motifs is 1. The first kappa shape index (κ1) is 11.2. The summed E-state index contributed by atoms with van der Waals surface area (Å²) >= 11 is 3.48. The Morgan fingerprint density at radius 3 is 2.72 bits per heavy atom. The normalized spacial score (nSPS) is 11.0. The highest BCUT2D eigenvalue weighted by molar-refractivity contribution is 9.10. The molecule has 4 nitrogen and oxygen atoms in total. The summed E-state index contributed by atoms with van der Waals surface area (Å²) in [7, 11) is 0. The molecule has 0 aliphatic carbocycles. The van der Waals surface area contributed by atoms with Crippen LogP contribution in [0.5, 0.6) is 5.88 Å². The maximum atomic E-state index is 9.52. The number of imidazole rings is 1. The number of benzene rings is 1. The van der Waals surface area contributed by atoms with Crippen molar-refractivity contribution in [1.82, 2.24) is 15.0 Å². The Balaban J connectivity index is 2.25. The van der Waals surface area contributed by atoms with Crippen LogP contribution in [0.25, 0.3) is 22.4 Å². The van der Waals surface area contributed by atoms with Gasteiger partial charge in [-0.25, -0.2) is 4.98 Å². The Morgan fingerprint density at radius 2 is 2.00 bits per heavy atom. The smallest absolute Gasteiger partial charge is 0.232 e. The highest BCUT2D eigenvalue weighted by atomic mass is 79.9. The molecule has 3 rings (SSSR count). The molecule has 5 heteroatoms. The minimum atomic E-state index is 0.00635. The summed E-state index contributed by atoms with van der Waals surface area (Å²) in [6, 6.07) is 9.85. The van der Waals surface area contributed by atoms with Crippen molar-refractivity contribution in [2.24, 2.45) is 0 Å². The lowest BCUT2D eigenvalue weighted by atomic mass is 10.2. The van der Waals surface area contributed by atoms with Gasteiger partial charge in [0.1, 0.15) is 5.69 Å². The summed E-state index contributed by atoms with van der Waals surface area (Å²) in [5, 5.41) is 10.6. The second-order valence-electron chi connectivity index (χ2n) is 4.05. The SMILES string of the molecule is Cc1[nH]c(-c2nc3ccccc3cc2Br)nc1O. The standard InChI is InChI=1S/C13H10BrN3O/c1-7-13(18)17-12(15-7)11-9(14)6-8-4-2-3-5-10(8)16-11/h2-6,18H,1H3,(H,15,17). The van der Waals surface area contributed by atoms with Gasteiger partial charge in [-0.15, -0.1) is 0 Å². The van der Waals surface area contributed by atoms with Gasteiger partial charge in [0.15, 0.2) is 5.82 Å². The van der Waals surface area contributed by atoms with Gasteiger partial charge < -0.3 is 10.1 Å². The molecule has 1 aromatic carbocycles. The van der Waals surface area contributed by atoms with Crippen molar-refractivity contribution >= 4 is 26.8 Å². The van der Waals surface area contributed by atoms with E-state index in [0.29, 0.717) is 17.2 Å². The molecule has 2 N–H and O–H groups in total. The number of pyridine rings is 1. The van der Waals surface area contributed by atoms with Crippen LogP contribution < -0.4 is 0 Å². The zero-order valence-electron chi connectivity index (χ0n) is 9.61. The minimum absolute atomic E-state index is 0.00635. The molecular weight excluding hydrogens is 294 g/mol.